The van der Waals surface area contributed by atoms with Gasteiger partial charge in [0.05, 0.1) is 10.7 Å². The molecule has 1 atom stereocenters. The lowest BCUT2D eigenvalue weighted by molar-refractivity contribution is 0.171. The van der Waals surface area contributed by atoms with Crippen molar-refractivity contribution < 1.29 is 17.9 Å². The van der Waals surface area contributed by atoms with Crippen LogP contribution >= 0.6 is 0 Å². The number of benzene rings is 1. The molecular weight excluding hydrogens is 294 g/mol. The minimum absolute atomic E-state index is 0.0424. The van der Waals surface area contributed by atoms with E-state index in [9.17, 15) is 8.42 Å². The monoisotopic (exact) mass is 313 g/mol. The molecule has 0 radical (unpaired) electrons. The summed E-state index contributed by atoms with van der Waals surface area (Å²) >= 11 is 0. The van der Waals surface area contributed by atoms with Crippen molar-refractivity contribution >= 4 is 15.9 Å². The lowest BCUT2D eigenvalue weighted by atomic mass is 10.2. The summed E-state index contributed by atoms with van der Waals surface area (Å²) in [5.41, 5.74) is 5.38. The van der Waals surface area contributed by atoms with E-state index in [2.05, 4.69) is 0 Å². The minimum atomic E-state index is -3.66. The second kappa shape index (κ2) is 5.90. The van der Waals surface area contributed by atoms with Crippen LogP contribution in [0.3, 0.4) is 0 Å². The highest BCUT2D eigenvalue weighted by atomic mass is 32.2. The summed E-state index contributed by atoms with van der Waals surface area (Å²) < 4.78 is 36.9. The van der Waals surface area contributed by atoms with Gasteiger partial charge in [-0.15, -0.1) is 0 Å². The molecule has 0 saturated carbocycles. The molecule has 1 heterocycles. The van der Waals surface area contributed by atoms with Crippen LogP contribution in [0.1, 0.15) is 6.92 Å². The van der Waals surface area contributed by atoms with Crippen LogP contribution in [0.25, 0.3) is 0 Å². The number of nitrogens with zero attached hydrogens (tertiary/aromatic N) is 1. The highest BCUT2D eigenvalue weighted by molar-refractivity contribution is 7.89. The van der Waals surface area contributed by atoms with Crippen molar-refractivity contribution in [2.45, 2.75) is 11.8 Å². The van der Waals surface area contributed by atoms with Crippen LogP contribution in [0.2, 0.25) is 0 Å². The van der Waals surface area contributed by atoms with Crippen LogP contribution in [0.4, 0.5) is 0 Å². The van der Waals surface area contributed by atoms with Crippen molar-refractivity contribution in [1.29, 1.82) is 5.41 Å². The van der Waals surface area contributed by atoms with Crippen molar-refractivity contribution in [3.63, 3.8) is 0 Å². The van der Waals surface area contributed by atoms with E-state index in [4.69, 9.17) is 20.6 Å². The molecule has 0 saturated heterocycles. The predicted molar refractivity (Wildman–Crippen MR) is 78.3 cm³/mol. The average Bonchev–Trinajstić information content (AvgIpc) is 2.46. The van der Waals surface area contributed by atoms with Crippen LogP contribution in [0, 0.1) is 11.3 Å². The molecule has 0 aliphatic carbocycles. The van der Waals surface area contributed by atoms with Gasteiger partial charge in [0, 0.05) is 25.6 Å². The van der Waals surface area contributed by atoms with E-state index in [0.717, 1.165) is 0 Å². The Morgan fingerprint density at radius 2 is 2.00 bits per heavy atom. The van der Waals surface area contributed by atoms with E-state index in [1.54, 1.807) is 13.0 Å². The Kier molecular flexibility index (Phi) is 4.38. The topological polar surface area (TPSA) is 106 Å². The van der Waals surface area contributed by atoms with Gasteiger partial charge in [0.15, 0.2) is 11.5 Å². The van der Waals surface area contributed by atoms with Gasteiger partial charge in [0.25, 0.3) is 0 Å². The molecule has 116 valence electrons. The molecule has 1 aliphatic heterocycles. The maximum absolute atomic E-state index is 12.5. The third-order valence-electron chi connectivity index (χ3n) is 3.28. The summed E-state index contributed by atoms with van der Waals surface area (Å²) in [6.07, 6.45) is 0. The number of nitrogens with two attached hydrogens (primary N) is 1. The zero-order chi connectivity index (χ0) is 15.6. The minimum Gasteiger partial charge on any atom is -0.486 e. The number of ether oxygens (including phenoxy) is 2. The number of rotatable bonds is 5. The zero-order valence-corrected chi connectivity index (χ0v) is 12.8. The quantitative estimate of drug-likeness (QED) is 0.613. The van der Waals surface area contributed by atoms with E-state index >= 15 is 0 Å². The summed E-state index contributed by atoms with van der Waals surface area (Å²) in [6.45, 7) is 2.70. The van der Waals surface area contributed by atoms with Crippen LogP contribution in [-0.4, -0.2) is 45.4 Å². The average molecular weight is 313 g/mol. The Bertz CT molecular complexity index is 645. The first kappa shape index (κ1) is 15.6. The number of sulfonamides is 1. The van der Waals surface area contributed by atoms with E-state index in [1.807, 2.05) is 0 Å². The van der Waals surface area contributed by atoms with Crippen molar-refractivity contribution in [2.24, 2.45) is 11.7 Å². The lowest BCUT2D eigenvalue weighted by Gasteiger charge is -2.22. The second-order valence-corrected chi connectivity index (χ2v) is 6.99. The molecule has 7 nitrogen and oxygen atoms in total. The van der Waals surface area contributed by atoms with Crippen LogP contribution < -0.4 is 15.2 Å². The summed E-state index contributed by atoms with van der Waals surface area (Å²) in [6, 6.07) is 4.53. The maximum atomic E-state index is 12.5. The predicted octanol–water partition coefficient (Wildman–Crippen LogP) is 0.650. The Labute approximate surface area is 124 Å². The van der Waals surface area contributed by atoms with Crippen LogP contribution in [-0.2, 0) is 10.0 Å². The summed E-state index contributed by atoms with van der Waals surface area (Å²) in [7, 11) is -2.19. The van der Waals surface area contributed by atoms with Gasteiger partial charge < -0.3 is 15.2 Å². The lowest BCUT2D eigenvalue weighted by Crippen LogP contribution is -2.35. The Hall–Kier alpha value is -1.80. The normalized spacial score (nSPS) is 15.8. The van der Waals surface area contributed by atoms with E-state index in [-0.39, 0.29) is 23.2 Å². The van der Waals surface area contributed by atoms with Gasteiger partial charge in [0.1, 0.15) is 13.2 Å². The molecule has 21 heavy (non-hydrogen) atoms. The molecule has 1 aliphatic rings. The van der Waals surface area contributed by atoms with Gasteiger partial charge in [-0.05, 0) is 12.1 Å². The van der Waals surface area contributed by atoms with Gasteiger partial charge in [-0.1, -0.05) is 6.92 Å². The van der Waals surface area contributed by atoms with Crippen molar-refractivity contribution in [2.75, 3.05) is 26.8 Å². The van der Waals surface area contributed by atoms with Gasteiger partial charge >= 0.3 is 0 Å². The smallest absolute Gasteiger partial charge is 0.242 e. The third kappa shape index (κ3) is 3.27. The Morgan fingerprint density at radius 3 is 2.62 bits per heavy atom. The molecule has 0 aromatic heterocycles. The molecule has 1 unspecified atom stereocenters. The molecular formula is C13H19N3O4S. The molecule has 0 bridgehead atoms. The number of hydrogen-bond donors (Lipinski definition) is 2. The third-order valence-corrected chi connectivity index (χ3v) is 5.10. The largest absolute Gasteiger partial charge is 0.486 e. The Morgan fingerprint density at radius 1 is 1.38 bits per heavy atom. The van der Waals surface area contributed by atoms with Crippen molar-refractivity contribution in [3.8, 4) is 11.5 Å². The first-order valence-corrected chi connectivity index (χ1v) is 7.96. The number of amidine groups is 1. The summed E-state index contributed by atoms with van der Waals surface area (Å²) in [5, 5.41) is 7.35. The molecule has 0 fully saturated rings. The van der Waals surface area contributed by atoms with Gasteiger partial charge in [-0.2, -0.15) is 0 Å². The molecule has 3 N–H and O–H groups in total. The fraction of sp³-hybridized carbons (Fsp3) is 0.462. The molecule has 1 aromatic rings. The first-order valence-electron chi connectivity index (χ1n) is 6.52. The second-order valence-electron chi connectivity index (χ2n) is 4.95. The van der Waals surface area contributed by atoms with Crippen LogP contribution in [0.15, 0.2) is 23.1 Å². The Balaban J connectivity index is 2.24. The summed E-state index contributed by atoms with van der Waals surface area (Å²) in [5.74, 6) is 0.580. The fourth-order valence-corrected chi connectivity index (χ4v) is 3.22. The van der Waals surface area contributed by atoms with Gasteiger partial charge in [-0.25, -0.2) is 12.7 Å². The number of nitrogens with one attached hydrogen (secondary N) is 1. The maximum Gasteiger partial charge on any atom is 0.242 e. The fourth-order valence-electron chi connectivity index (χ4n) is 1.95. The van der Waals surface area contributed by atoms with Crippen molar-refractivity contribution in [1.82, 2.24) is 4.31 Å². The molecule has 8 heteroatoms. The van der Waals surface area contributed by atoms with Gasteiger partial charge in [0.2, 0.25) is 10.0 Å². The van der Waals surface area contributed by atoms with E-state index < -0.39 is 10.0 Å². The van der Waals surface area contributed by atoms with E-state index in [0.29, 0.717) is 24.7 Å². The molecule has 0 amide bonds. The number of fused-ring (bicyclic) bond motifs is 1. The molecule has 2 rings (SSSR count). The highest BCUT2D eigenvalue weighted by Gasteiger charge is 2.25. The highest BCUT2D eigenvalue weighted by Crippen LogP contribution is 2.33. The van der Waals surface area contributed by atoms with Crippen LogP contribution in [0.5, 0.6) is 11.5 Å². The first-order chi connectivity index (χ1) is 9.82. The summed E-state index contributed by atoms with van der Waals surface area (Å²) in [4.78, 5) is 0.130. The van der Waals surface area contributed by atoms with Gasteiger partial charge in [-0.3, -0.25) is 5.41 Å². The zero-order valence-electron chi connectivity index (χ0n) is 12.0. The standard InChI is InChI=1S/C13H19N3O4S/c1-9(13(14)15)8-16(2)21(17,18)10-3-4-11-12(7-10)20-6-5-19-11/h3-4,7,9H,5-6,8H2,1-2H3,(H3,14,15). The SMILES string of the molecule is CC(CN(C)S(=O)(=O)c1ccc2c(c1)OCCO2)C(=N)N. The van der Waals surface area contributed by atoms with Crippen molar-refractivity contribution in [3.05, 3.63) is 18.2 Å². The van der Waals surface area contributed by atoms with E-state index in [1.165, 1.54) is 23.5 Å². The number of hydrogen-bond acceptors (Lipinski definition) is 5. The molecule has 1 aromatic carbocycles. The molecule has 0 spiro atoms.